The number of benzene rings is 2. The lowest BCUT2D eigenvalue weighted by molar-refractivity contribution is -0.114. The number of fused-ring (bicyclic) bond motifs is 1. The summed E-state index contributed by atoms with van der Waals surface area (Å²) in [5.74, 6) is 0.398. The Kier molecular flexibility index (Phi) is 3.63. The van der Waals surface area contributed by atoms with Crippen molar-refractivity contribution in [2.24, 2.45) is 0 Å². The lowest BCUT2D eigenvalue weighted by Crippen LogP contribution is -2.05. The molecule has 2 aromatic carbocycles. The van der Waals surface area contributed by atoms with Gasteiger partial charge in [-0.2, -0.15) is 4.80 Å². The molecular formula is C17H18N4O. The van der Waals surface area contributed by atoms with E-state index in [0.29, 0.717) is 5.92 Å². The first-order chi connectivity index (χ1) is 10.5. The van der Waals surface area contributed by atoms with Crippen molar-refractivity contribution in [3.8, 4) is 5.69 Å². The van der Waals surface area contributed by atoms with E-state index in [9.17, 15) is 4.79 Å². The number of hydrogen-bond donors (Lipinski definition) is 1. The second-order valence-corrected chi connectivity index (χ2v) is 5.62. The first-order valence-electron chi connectivity index (χ1n) is 7.28. The summed E-state index contributed by atoms with van der Waals surface area (Å²) < 4.78 is 0. The molecule has 0 fully saturated rings. The number of aromatic nitrogens is 3. The molecule has 0 aliphatic heterocycles. The molecule has 5 nitrogen and oxygen atoms in total. The fraction of sp³-hybridized carbons (Fsp3) is 0.235. The van der Waals surface area contributed by atoms with Crippen LogP contribution in [0.4, 0.5) is 5.69 Å². The van der Waals surface area contributed by atoms with Gasteiger partial charge in [-0.05, 0) is 41.8 Å². The maximum Gasteiger partial charge on any atom is 0.221 e. The van der Waals surface area contributed by atoms with E-state index in [1.807, 2.05) is 30.3 Å². The van der Waals surface area contributed by atoms with E-state index in [1.54, 1.807) is 4.80 Å². The van der Waals surface area contributed by atoms with Gasteiger partial charge in [0.1, 0.15) is 11.0 Å². The van der Waals surface area contributed by atoms with Gasteiger partial charge in [0.15, 0.2) is 0 Å². The first kappa shape index (κ1) is 14.3. The van der Waals surface area contributed by atoms with Crippen molar-refractivity contribution < 1.29 is 4.79 Å². The molecule has 0 saturated carbocycles. The summed E-state index contributed by atoms with van der Waals surface area (Å²) in [5.41, 5.74) is 4.47. The van der Waals surface area contributed by atoms with Gasteiger partial charge in [-0.25, -0.2) is 0 Å². The molecule has 0 atom stereocenters. The van der Waals surface area contributed by atoms with Gasteiger partial charge in [0.2, 0.25) is 5.91 Å². The lowest BCUT2D eigenvalue weighted by Gasteiger charge is -2.05. The fourth-order valence-corrected chi connectivity index (χ4v) is 2.30. The number of anilines is 1. The van der Waals surface area contributed by atoms with Crippen molar-refractivity contribution >= 4 is 22.6 Å². The third-order valence-electron chi connectivity index (χ3n) is 3.49. The van der Waals surface area contributed by atoms with Crippen LogP contribution in [0.3, 0.4) is 0 Å². The maximum atomic E-state index is 11.1. The molecule has 3 rings (SSSR count). The second kappa shape index (κ2) is 5.60. The van der Waals surface area contributed by atoms with Crippen molar-refractivity contribution in [2.45, 2.75) is 26.7 Å². The lowest BCUT2D eigenvalue weighted by atomic mass is 10.0. The van der Waals surface area contributed by atoms with E-state index in [2.05, 4.69) is 41.5 Å². The van der Waals surface area contributed by atoms with Gasteiger partial charge in [-0.1, -0.05) is 26.0 Å². The quantitative estimate of drug-likeness (QED) is 0.804. The number of amides is 1. The van der Waals surface area contributed by atoms with Crippen molar-refractivity contribution in [3.63, 3.8) is 0 Å². The number of nitrogens with zero attached hydrogens (tertiary/aromatic N) is 3. The van der Waals surface area contributed by atoms with Gasteiger partial charge in [0.25, 0.3) is 0 Å². The van der Waals surface area contributed by atoms with Crippen molar-refractivity contribution in [3.05, 3.63) is 48.0 Å². The molecule has 1 amide bonds. The summed E-state index contributed by atoms with van der Waals surface area (Å²) in [6, 6.07) is 13.7. The molecule has 3 aromatic rings. The van der Waals surface area contributed by atoms with Gasteiger partial charge < -0.3 is 5.32 Å². The van der Waals surface area contributed by atoms with E-state index in [0.717, 1.165) is 22.4 Å². The molecule has 112 valence electrons. The van der Waals surface area contributed by atoms with E-state index in [4.69, 9.17) is 0 Å². The van der Waals surface area contributed by atoms with Crippen LogP contribution in [0.5, 0.6) is 0 Å². The average molecular weight is 294 g/mol. The van der Waals surface area contributed by atoms with Gasteiger partial charge in [0, 0.05) is 12.6 Å². The molecule has 0 saturated heterocycles. The Morgan fingerprint density at radius 2 is 1.73 bits per heavy atom. The minimum absolute atomic E-state index is 0.101. The Bertz CT molecular complexity index is 818. The average Bonchev–Trinajstić information content (AvgIpc) is 2.90. The number of rotatable bonds is 3. The Morgan fingerprint density at radius 3 is 2.36 bits per heavy atom. The molecule has 0 bridgehead atoms. The largest absolute Gasteiger partial charge is 0.326 e. The third-order valence-corrected chi connectivity index (χ3v) is 3.49. The van der Waals surface area contributed by atoms with Crippen LogP contribution in [0.15, 0.2) is 42.5 Å². The van der Waals surface area contributed by atoms with Crippen LogP contribution in [0.25, 0.3) is 16.7 Å². The van der Waals surface area contributed by atoms with Crippen molar-refractivity contribution in [1.82, 2.24) is 15.0 Å². The molecule has 5 heteroatoms. The maximum absolute atomic E-state index is 11.1. The molecule has 0 radical (unpaired) electrons. The SMILES string of the molecule is CC(=O)Nc1ccc2nn(-c3ccc(C(C)C)cc3)nc2c1. The molecule has 1 N–H and O–H groups in total. The van der Waals surface area contributed by atoms with Crippen LogP contribution in [0.2, 0.25) is 0 Å². The number of hydrogen-bond acceptors (Lipinski definition) is 3. The highest BCUT2D eigenvalue weighted by Crippen LogP contribution is 2.19. The normalized spacial score (nSPS) is 11.1. The van der Waals surface area contributed by atoms with Gasteiger partial charge in [-0.3, -0.25) is 4.79 Å². The van der Waals surface area contributed by atoms with Crippen LogP contribution in [0.1, 0.15) is 32.3 Å². The summed E-state index contributed by atoms with van der Waals surface area (Å²) in [6.07, 6.45) is 0. The highest BCUT2D eigenvalue weighted by atomic mass is 16.1. The predicted octanol–water partition coefficient (Wildman–Crippen LogP) is 3.50. The van der Waals surface area contributed by atoms with Crippen LogP contribution in [-0.4, -0.2) is 20.9 Å². The van der Waals surface area contributed by atoms with E-state index >= 15 is 0 Å². The zero-order valence-corrected chi connectivity index (χ0v) is 12.9. The zero-order valence-electron chi connectivity index (χ0n) is 12.9. The van der Waals surface area contributed by atoms with Crippen LogP contribution in [-0.2, 0) is 4.79 Å². The molecular weight excluding hydrogens is 276 g/mol. The monoisotopic (exact) mass is 294 g/mol. The minimum Gasteiger partial charge on any atom is -0.326 e. The molecule has 22 heavy (non-hydrogen) atoms. The molecule has 1 heterocycles. The van der Waals surface area contributed by atoms with Crippen LogP contribution < -0.4 is 5.32 Å². The molecule has 0 unspecified atom stereocenters. The Labute approximate surface area is 129 Å². The van der Waals surface area contributed by atoms with Crippen LogP contribution >= 0.6 is 0 Å². The minimum atomic E-state index is -0.101. The number of nitrogens with one attached hydrogen (secondary N) is 1. The van der Waals surface area contributed by atoms with Gasteiger partial charge in [-0.15, -0.1) is 10.2 Å². The summed E-state index contributed by atoms with van der Waals surface area (Å²) in [5, 5.41) is 11.7. The highest BCUT2D eigenvalue weighted by molar-refractivity contribution is 5.91. The van der Waals surface area contributed by atoms with Gasteiger partial charge >= 0.3 is 0 Å². The molecule has 0 aliphatic rings. The number of carbonyl (C=O) groups is 1. The van der Waals surface area contributed by atoms with Crippen molar-refractivity contribution in [1.29, 1.82) is 0 Å². The molecule has 0 spiro atoms. The Morgan fingerprint density at radius 1 is 1.05 bits per heavy atom. The van der Waals surface area contributed by atoms with E-state index in [1.165, 1.54) is 12.5 Å². The van der Waals surface area contributed by atoms with E-state index < -0.39 is 0 Å². The van der Waals surface area contributed by atoms with Crippen molar-refractivity contribution in [2.75, 3.05) is 5.32 Å². The Hall–Kier alpha value is -2.69. The summed E-state index contributed by atoms with van der Waals surface area (Å²) in [6.45, 7) is 5.81. The second-order valence-electron chi connectivity index (χ2n) is 5.62. The number of carbonyl (C=O) groups excluding carboxylic acids is 1. The smallest absolute Gasteiger partial charge is 0.221 e. The van der Waals surface area contributed by atoms with Gasteiger partial charge in [0.05, 0.1) is 5.69 Å². The zero-order chi connectivity index (χ0) is 15.7. The highest BCUT2D eigenvalue weighted by Gasteiger charge is 2.07. The molecule has 0 aliphatic carbocycles. The first-order valence-corrected chi connectivity index (χ1v) is 7.28. The fourth-order valence-electron chi connectivity index (χ4n) is 2.30. The summed E-state index contributed by atoms with van der Waals surface area (Å²) in [4.78, 5) is 12.7. The molecule has 1 aromatic heterocycles. The standard InChI is InChI=1S/C17H18N4O/c1-11(2)13-4-7-15(8-5-13)21-19-16-9-6-14(18-12(3)22)10-17(16)20-21/h4-11H,1-3H3,(H,18,22). The third kappa shape index (κ3) is 2.83. The summed E-state index contributed by atoms with van der Waals surface area (Å²) in [7, 11) is 0. The predicted molar refractivity (Wildman–Crippen MR) is 87.3 cm³/mol. The summed E-state index contributed by atoms with van der Waals surface area (Å²) >= 11 is 0. The van der Waals surface area contributed by atoms with Crippen LogP contribution in [0, 0.1) is 0 Å². The van der Waals surface area contributed by atoms with E-state index in [-0.39, 0.29) is 5.91 Å². The Balaban J connectivity index is 1.95. The topological polar surface area (TPSA) is 59.8 Å².